The van der Waals surface area contributed by atoms with Crippen molar-refractivity contribution in [2.75, 3.05) is 11.9 Å². The number of nitrogens with one attached hydrogen (secondary N) is 1. The standard InChI is InChI=1S/C14H16N6S/c1-11(10-20-8-4-7-17-20)9-16-14-19-18-13(21-14)12-5-2-3-6-15-12/h2-8,11H,9-10H2,1H3,(H,16,19). The molecule has 7 heteroatoms. The maximum atomic E-state index is 4.28. The maximum Gasteiger partial charge on any atom is 0.206 e. The Hall–Kier alpha value is -2.28. The van der Waals surface area contributed by atoms with Gasteiger partial charge in [-0.2, -0.15) is 5.10 Å². The van der Waals surface area contributed by atoms with Gasteiger partial charge in [0.2, 0.25) is 5.13 Å². The van der Waals surface area contributed by atoms with Gasteiger partial charge in [-0.1, -0.05) is 24.3 Å². The Bertz CT molecular complexity index is 664. The molecule has 1 atom stereocenters. The zero-order valence-corrected chi connectivity index (χ0v) is 12.5. The summed E-state index contributed by atoms with van der Waals surface area (Å²) >= 11 is 1.52. The molecule has 3 heterocycles. The summed E-state index contributed by atoms with van der Waals surface area (Å²) < 4.78 is 1.94. The summed E-state index contributed by atoms with van der Waals surface area (Å²) in [5.41, 5.74) is 0.854. The van der Waals surface area contributed by atoms with Crippen LogP contribution in [0.15, 0.2) is 42.9 Å². The molecule has 0 saturated heterocycles. The summed E-state index contributed by atoms with van der Waals surface area (Å²) in [5.74, 6) is 0.451. The van der Waals surface area contributed by atoms with Crippen LogP contribution in [-0.4, -0.2) is 31.5 Å². The average Bonchev–Trinajstić information content (AvgIpc) is 3.17. The number of pyridine rings is 1. The summed E-state index contributed by atoms with van der Waals surface area (Å²) in [6.07, 6.45) is 5.53. The fourth-order valence-electron chi connectivity index (χ4n) is 1.94. The molecule has 0 fully saturated rings. The Labute approximate surface area is 126 Å². The monoisotopic (exact) mass is 300 g/mol. The molecule has 3 aromatic heterocycles. The molecule has 0 bridgehead atoms. The molecule has 21 heavy (non-hydrogen) atoms. The van der Waals surface area contributed by atoms with Gasteiger partial charge in [-0.3, -0.25) is 9.67 Å². The second kappa shape index (κ2) is 6.45. The largest absolute Gasteiger partial charge is 0.360 e. The first kappa shape index (κ1) is 13.7. The summed E-state index contributed by atoms with van der Waals surface area (Å²) in [6.45, 7) is 3.89. The normalized spacial score (nSPS) is 12.2. The Morgan fingerprint density at radius 2 is 2.19 bits per heavy atom. The number of anilines is 1. The van der Waals surface area contributed by atoms with Crippen molar-refractivity contribution in [3.63, 3.8) is 0 Å². The van der Waals surface area contributed by atoms with E-state index in [2.05, 4.69) is 32.5 Å². The molecule has 6 nitrogen and oxygen atoms in total. The van der Waals surface area contributed by atoms with Crippen LogP contribution in [0.3, 0.4) is 0 Å². The molecular formula is C14H16N6S. The third kappa shape index (κ3) is 3.63. The molecular weight excluding hydrogens is 284 g/mol. The lowest BCUT2D eigenvalue weighted by molar-refractivity contribution is 0.467. The predicted molar refractivity (Wildman–Crippen MR) is 83.0 cm³/mol. The number of rotatable bonds is 6. The van der Waals surface area contributed by atoms with Crippen LogP contribution in [0.5, 0.6) is 0 Å². The molecule has 0 saturated carbocycles. The topological polar surface area (TPSA) is 68.5 Å². The van der Waals surface area contributed by atoms with Gasteiger partial charge in [0.1, 0.15) is 5.69 Å². The summed E-state index contributed by atoms with van der Waals surface area (Å²) in [6, 6.07) is 7.71. The van der Waals surface area contributed by atoms with E-state index in [9.17, 15) is 0 Å². The highest BCUT2D eigenvalue weighted by atomic mass is 32.1. The number of aromatic nitrogens is 5. The minimum atomic E-state index is 0.451. The Morgan fingerprint density at radius 3 is 2.95 bits per heavy atom. The van der Waals surface area contributed by atoms with E-state index in [1.807, 2.05) is 35.1 Å². The molecule has 3 aromatic rings. The molecule has 0 aromatic carbocycles. The van der Waals surface area contributed by atoms with Gasteiger partial charge in [-0.15, -0.1) is 10.2 Å². The summed E-state index contributed by atoms with van der Waals surface area (Å²) in [7, 11) is 0. The van der Waals surface area contributed by atoms with Crippen LogP contribution >= 0.6 is 11.3 Å². The fraction of sp³-hybridized carbons (Fsp3) is 0.286. The van der Waals surface area contributed by atoms with Gasteiger partial charge in [0.15, 0.2) is 5.01 Å². The van der Waals surface area contributed by atoms with Crippen LogP contribution in [0.25, 0.3) is 10.7 Å². The quantitative estimate of drug-likeness (QED) is 0.757. The van der Waals surface area contributed by atoms with Gasteiger partial charge in [0, 0.05) is 31.7 Å². The van der Waals surface area contributed by atoms with Gasteiger partial charge in [-0.05, 0) is 24.1 Å². The van der Waals surface area contributed by atoms with Crippen molar-refractivity contribution in [3.05, 3.63) is 42.9 Å². The average molecular weight is 300 g/mol. The second-order valence-electron chi connectivity index (χ2n) is 4.84. The van der Waals surface area contributed by atoms with E-state index >= 15 is 0 Å². The molecule has 0 aliphatic carbocycles. The smallest absolute Gasteiger partial charge is 0.206 e. The van der Waals surface area contributed by atoms with E-state index in [-0.39, 0.29) is 0 Å². The van der Waals surface area contributed by atoms with Crippen molar-refractivity contribution < 1.29 is 0 Å². The lowest BCUT2D eigenvalue weighted by Crippen LogP contribution is -2.17. The van der Waals surface area contributed by atoms with E-state index < -0.39 is 0 Å². The van der Waals surface area contributed by atoms with Gasteiger partial charge in [0.05, 0.1) is 0 Å². The van der Waals surface area contributed by atoms with E-state index in [1.54, 1.807) is 12.4 Å². The molecule has 0 amide bonds. The van der Waals surface area contributed by atoms with Crippen molar-refractivity contribution in [1.29, 1.82) is 0 Å². The molecule has 1 unspecified atom stereocenters. The molecule has 0 aliphatic heterocycles. The highest BCUT2D eigenvalue weighted by Gasteiger charge is 2.09. The first-order valence-corrected chi connectivity index (χ1v) is 7.59. The molecule has 108 valence electrons. The van der Waals surface area contributed by atoms with E-state index in [0.29, 0.717) is 5.92 Å². The van der Waals surface area contributed by atoms with Crippen LogP contribution in [0.2, 0.25) is 0 Å². The van der Waals surface area contributed by atoms with Gasteiger partial charge >= 0.3 is 0 Å². The number of hydrogen-bond acceptors (Lipinski definition) is 6. The highest BCUT2D eigenvalue weighted by molar-refractivity contribution is 7.18. The molecule has 0 aliphatic rings. The predicted octanol–water partition coefficient (Wildman–Crippen LogP) is 2.54. The Morgan fingerprint density at radius 1 is 1.24 bits per heavy atom. The van der Waals surface area contributed by atoms with Crippen molar-refractivity contribution in [1.82, 2.24) is 25.0 Å². The van der Waals surface area contributed by atoms with Gasteiger partial charge in [-0.25, -0.2) is 0 Å². The van der Waals surface area contributed by atoms with E-state index in [1.165, 1.54) is 11.3 Å². The van der Waals surface area contributed by atoms with Gasteiger partial charge < -0.3 is 5.32 Å². The first-order chi connectivity index (χ1) is 10.3. The van der Waals surface area contributed by atoms with Crippen LogP contribution in [0.1, 0.15) is 6.92 Å². The minimum absolute atomic E-state index is 0.451. The van der Waals surface area contributed by atoms with Crippen LogP contribution < -0.4 is 5.32 Å². The Kier molecular flexibility index (Phi) is 4.20. The maximum absolute atomic E-state index is 4.28. The number of hydrogen-bond donors (Lipinski definition) is 1. The molecule has 0 spiro atoms. The second-order valence-corrected chi connectivity index (χ2v) is 5.82. The third-order valence-electron chi connectivity index (χ3n) is 2.97. The van der Waals surface area contributed by atoms with Gasteiger partial charge in [0.25, 0.3) is 0 Å². The van der Waals surface area contributed by atoms with Crippen molar-refractivity contribution in [3.8, 4) is 10.7 Å². The van der Waals surface area contributed by atoms with Crippen molar-refractivity contribution >= 4 is 16.5 Å². The van der Waals surface area contributed by atoms with Crippen molar-refractivity contribution in [2.45, 2.75) is 13.5 Å². The van der Waals surface area contributed by atoms with E-state index in [0.717, 1.165) is 28.9 Å². The summed E-state index contributed by atoms with van der Waals surface area (Å²) in [5, 5.41) is 17.5. The van der Waals surface area contributed by atoms with Crippen LogP contribution in [0, 0.1) is 5.92 Å². The van der Waals surface area contributed by atoms with Crippen molar-refractivity contribution in [2.24, 2.45) is 5.92 Å². The lowest BCUT2D eigenvalue weighted by Gasteiger charge is -2.11. The van der Waals surface area contributed by atoms with E-state index in [4.69, 9.17) is 0 Å². The third-order valence-corrected chi connectivity index (χ3v) is 3.87. The Balaban J connectivity index is 1.55. The molecule has 3 rings (SSSR count). The fourth-order valence-corrected chi connectivity index (χ4v) is 2.67. The zero-order chi connectivity index (χ0) is 14.5. The first-order valence-electron chi connectivity index (χ1n) is 6.77. The highest BCUT2D eigenvalue weighted by Crippen LogP contribution is 2.24. The SMILES string of the molecule is CC(CNc1nnc(-c2ccccn2)s1)Cn1cccn1. The summed E-state index contributed by atoms with van der Waals surface area (Å²) in [4.78, 5) is 4.28. The number of nitrogens with zero attached hydrogens (tertiary/aromatic N) is 5. The lowest BCUT2D eigenvalue weighted by atomic mass is 10.2. The zero-order valence-electron chi connectivity index (χ0n) is 11.7. The van der Waals surface area contributed by atoms with Crippen LogP contribution in [0.4, 0.5) is 5.13 Å². The minimum Gasteiger partial charge on any atom is -0.360 e. The molecule has 1 N–H and O–H groups in total. The van der Waals surface area contributed by atoms with Crippen LogP contribution in [-0.2, 0) is 6.54 Å². The molecule has 0 radical (unpaired) electrons.